The summed E-state index contributed by atoms with van der Waals surface area (Å²) in [5, 5.41) is 10.9. The molecular weight excluding hydrogens is 442 g/mol. The molecule has 2 amide bonds. The summed E-state index contributed by atoms with van der Waals surface area (Å²) in [5.74, 6) is 0.226. The monoisotopic (exact) mass is 471 g/mol. The van der Waals surface area contributed by atoms with E-state index >= 15 is 0 Å². The van der Waals surface area contributed by atoms with Gasteiger partial charge in [-0.15, -0.1) is 0 Å². The molecule has 0 saturated heterocycles. The van der Waals surface area contributed by atoms with Gasteiger partial charge in [0.15, 0.2) is 0 Å². The van der Waals surface area contributed by atoms with Gasteiger partial charge in [0.05, 0.1) is 34.4 Å². The number of aromatic nitrogens is 5. The van der Waals surface area contributed by atoms with E-state index in [4.69, 9.17) is 0 Å². The number of fused-ring (bicyclic) bond motifs is 1. The molecule has 1 saturated carbocycles. The van der Waals surface area contributed by atoms with Crippen LogP contribution in [0, 0.1) is 12.8 Å². The maximum atomic E-state index is 13.0. The van der Waals surface area contributed by atoms with Crippen molar-refractivity contribution >= 4 is 28.5 Å². The first-order chi connectivity index (χ1) is 17.0. The molecule has 4 aromatic heterocycles. The molecule has 0 spiro atoms. The van der Waals surface area contributed by atoms with Crippen molar-refractivity contribution in [3.05, 3.63) is 59.8 Å². The van der Waals surface area contributed by atoms with Gasteiger partial charge >= 0.3 is 0 Å². The van der Waals surface area contributed by atoms with Crippen molar-refractivity contribution in [2.75, 3.05) is 11.9 Å². The van der Waals surface area contributed by atoms with Crippen molar-refractivity contribution in [1.29, 1.82) is 0 Å². The molecular formula is C26H29N7O2. The molecule has 0 bridgehead atoms. The Hall–Kier alpha value is -4.01. The molecule has 9 heteroatoms. The third-order valence-electron chi connectivity index (χ3n) is 6.66. The Bertz CT molecular complexity index is 1380. The van der Waals surface area contributed by atoms with E-state index in [1.807, 2.05) is 19.3 Å². The van der Waals surface area contributed by atoms with Crippen molar-refractivity contribution in [3.63, 3.8) is 0 Å². The number of carbonyl (C=O) groups is 2. The quantitative estimate of drug-likeness (QED) is 0.373. The summed E-state index contributed by atoms with van der Waals surface area (Å²) in [4.78, 5) is 37.6. The van der Waals surface area contributed by atoms with Crippen LogP contribution in [0.4, 0.5) is 5.69 Å². The molecule has 1 aliphatic carbocycles. The topological polar surface area (TPSA) is 118 Å². The van der Waals surface area contributed by atoms with E-state index in [9.17, 15) is 9.59 Å². The van der Waals surface area contributed by atoms with Crippen LogP contribution in [-0.2, 0) is 7.05 Å². The number of nitrogens with zero attached hydrogens (tertiary/aromatic N) is 4. The van der Waals surface area contributed by atoms with Gasteiger partial charge in [0, 0.05) is 43.1 Å². The molecule has 4 aromatic rings. The molecule has 0 aliphatic heterocycles. The summed E-state index contributed by atoms with van der Waals surface area (Å²) in [7, 11) is 1.86. The molecule has 9 nitrogen and oxygen atoms in total. The Morgan fingerprint density at radius 1 is 1.06 bits per heavy atom. The molecule has 4 heterocycles. The van der Waals surface area contributed by atoms with Gasteiger partial charge in [0.25, 0.3) is 11.8 Å². The fourth-order valence-corrected chi connectivity index (χ4v) is 4.62. The van der Waals surface area contributed by atoms with E-state index in [0.29, 0.717) is 40.6 Å². The number of hydrogen-bond donors (Lipinski definition) is 3. The van der Waals surface area contributed by atoms with Crippen LogP contribution in [0.25, 0.3) is 22.3 Å². The van der Waals surface area contributed by atoms with Gasteiger partial charge in [0.1, 0.15) is 5.65 Å². The molecule has 5 rings (SSSR count). The number of nitrogens with one attached hydrogen (secondary N) is 3. The van der Waals surface area contributed by atoms with Crippen molar-refractivity contribution in [2.24, 2.45) is 13.0 Å². The van der Waals surface area contributed by atoms with Gasteiger partial charge < -0.3 is 15.6 Å². The lowest BCUT2D eigenvalue weighted by molar-refractivity contribution is 0.0949. The Kier molecular flexibility index (Phi) is 6.31. The molecule has 1 fully saturated rings. The van der Waals surface area contributed by atoms with Crippen LogP contribution in [-0.4, -0.2) is 43.1 Å². The Morgan fingerprint density at radius 2 is 1.83 bits per heavy atom. The van der Waals surface area contributed by atoms with Crippen LogP contribution in [0.3, 0.4) is 0 Å². The highest BCUT2D eigenvalue weighted by atomic mass is 16.2. The van der Waals surface area contributed by atoms with Gasteiger partial charge in [-0.1, -0.05) is 25.7 Å². The van der Waals surface area contributed by atoms with E-state index in [2.05, 4.69) is 30.7 Å². The predicted molar refractivity (Wildman–Crippen MR) is 134 cm³/mol. The number of aryl methyl sites for hydroxylation is 2. The summed E-state index contributed by atoms with van der Waals surface area (Å²) in [6.07, 6.45) is 12.9. The maximum absolute atomic E-state index is 13.0. The first kappa shape index (κ1) is 22.8. The Morgan fingerprint density at radius 3 is 2.60 bits per heavy atom. The molecule has 0 aromatic carbocycles. The molecule has 0 radical (unpaired) electrons. The number of carbonyl (C=O) groups excluding carboxylic acids is 2. The highest BCUT2D eigenvalue weighted by molar-refractivity contribution is 6.06. The fraction of sp³-hybridized carbons (Fsp3) is 0.346. The molecule has 180 valence electrons. The number of H-pyrrole nitrogens is 1. The average Bonchev–Trinajstić information content (AvgIpc) is 3.60. The maximum Gasteiger partial charge on any atom is 0.257 e. The fourth-order valence-electron chi connectivity index (χ4n) is 4.62. The van der Waals surface area contributed by atoms with Crippen LogP contribution in [0.2, 0.25) is 0 Å². The van der Waals surface area contributed by atoms with E-state index < -0.39 is 0 Å². The van der Waals surface area contributed by atoms with Gasteiger partial charge in [0.2, 0.25) is 0 Å². The summed E-state index contributed by atoms with van der Waals surface area (Å²) >= 11 is 0. The zero-order valence-electron chi connectivity index (χ0n) is 20.0. The summed E-state index contributed by atoms with van der Waals surface area (Å²) in [6.45, 7) is 2.45. The predicted octanol–water partition coefficient (Wildman–Crippen LogP) is 4.23. The SMILES string of the molecule is Cc1ncc(C(=O)NCCC2CCCC2)cc1NC(=O)c1cnc2[nH]c(-c3cnn(C)c3)cc2c1. The Labute approximate surface area is 203 Å². The van der Waals surface area contributed by atoms with Gasteiger partial charge in [-0.2, -0.15) is 5.10 Å². The number of amides is 2. The smallest absolute Gasteiger partial charge is 0.257 e. The lowest BCUT2D eigenvalue weighted by Crippen LogP contribution is -2.26. The lowest BCUT2D eigenvalue weighted by Gasteiger charge is -2.12. The van der Waals surface area contributed by atoms with Crippen LogP contribution < -0.4 is 10.6 Å². The van der Waals surface area contributed by atoms with Crippen LogP contribution in [0.5, 0.6) is 0 Å². The molecule has 0 atom stereocenters. The number of anilines is 1. The first-order valence-electron chi connectivity index (χ1n) is 12.0. The molecule has 35 heavy (non-hydrogen) atoms. The summed E-state index contributed by atoms with van der Waals surface area (Å²) in [6, 6.07) is 5.41. The van der Waals surface area contributed by atoms with Crippen LogP contribution >= 0.6 is 0 Å². The molecule has 1 aliphatic rings. The second-order valence-corrected chi connectivity index (χ2v) is 9.25. The van der Waals surface area contributed by atoms with Crippen molar-refractivity contribution in [3.8, 4) is 11.3 Å². The van der Waals surface area contributed by atoms with Gasteiger partial charge in [-0.25, -0.2) is 4.98 Å². The summed E-state index contributed by atoms with van der Waals surface area (Å²) < 4.78 is 1.73. The van der Waals surface area contributed by atoms with E-state index in [1.54, 1.807) is 36.1 Å². The van der Waals surface area contributed by atoms with Gasteiger partial charge in [-0.3, -0.25) is 19.3 Å². The van der Waals surface area contributed by atoms with Crippen molar-refractivity contribution < 1.29 is 9.59 Å². The second kappa shape index (κ2) is 9.69. The third-order valence-corrected chi connectivity index (χ3v) is 6.66. The molecule has 0 unspecified atom stereocenters. The van der Waals surface area contributed by atoms with Crippen molar-refractivity contribution in [2.45, 2.75) is 39.0 Å². The highest BCUT2D eigenvalue weighted by Crippen LogP contribution is 2.27. The first-order valence-corrected chi connectivity index (χ1v) is 12.0. The number of pyridine rings is 2. The van der Waals surface area contributed by atoms with Crippen molar-refractivity contribution in [1.82, 2.24) is 30.0 Å². The zero-order valence-corrected chi connectivity index (χ0v) is 20.0. The largest absolute Gasteiger partial charge is 0.352 e. The number of aromatic amines is 1. The van der Waals surface area contributed by atoms with Crippen LogP contribution in [0.15, 0.2) is 43.0 Å². The van der Waals surface area contributed by atoms with E-state index in [-0.39, 0.29) is 11.8 Å². The highest BCUT2D eigenvalue weighted by Gasteiger charge is 2.17. The number of hydrogen-bond acceptors (Lipinski definition) is 5. The third kappa shape index (κ3) is 5.08. The standard InChI is InChI=1S/C26H29N7O2/c1-16-22(11-20(12-28-16)25(34)27-8-7-17-5-3-4-6-17)32-26(35)19-9-18-10-23(31-24(18)29-13-19)21-14-30-33(2)15-21/h9-15,17H,3-8H2,1-2H3,(H,27,34)(H,29,31)(H,32,35). The van der Waals surface area contributed by atoms with E-state index in [1.165, 1.54) is 31.9 Å². The molecule has 3 N–H and O–H groups in total. The van der Waals surface area contributed by atoms with E-state index in [0.717, 1.165) is 23.1 Å². The lowest BCUT2D eigenvalue weighted by atomic mass is 10.0. The Balaban J connectivity index is 1.27. The minimum atomic E-state index is -0.313. The zero-order chi connectivity index (χ0) is 24.4. The summed E-state index contributed by atoms with van der Waals surface area (Å²) in [5.41, 5.74) is 4.49. The van der Waals surface area contributed by atoms with Gasteiger partial charge in [-0.05, 0) is 37.5 Å². The minimum Gasteiger partial charge on any atom is -0.352 e. The average molecular weight is 472 g/mol. The second-order valence-electron chi connectivity index (χ2n) is 9.25. The number of rotatable bonds is 7. The van der Waals surface area contributed by atoms with Crippen LogP contribution in [0.1, 0.15) is 58.5 Å². The minimum absolute atomic E-state index is 0.177. The normalized spacial score (nSPS) is 13.9.